The maximum Gasteiger partial charge on any atom is 0.238 e. The zero-order valence-electron chi connectivity index (χ0n) is 10.3. The number of methoxy groups -OCH3 is 1. The average molecular weight is 236 g/mol. The third-order valence-corrected chi connectivity index (χ3v) is 3.02. The van der Waals surface area contributed by atoms with Gasteiger partial charge in [0, 0.05) is 13.1 Å². The molecular weight excluding hydrogens is 216 g/mol. The Morgan fingerprint density at radius 1 is 1.41 bits per heavy atom. The number of nitrogens with zero attached hydrogens (tertiary/aromatic N) is 2. The lowest BCUT2D eigenvalue weighted by atomic mass is 10.4. The van der Waals surface area contributed by atoms with E-state index in [1.165, 1.54) is 25.9 Å². The number of nitrogens with two attached hydrogens (primary N) is 1. The molecule has 94 valence electrons. The van der Waals surface area contributed by atoms with Crippen molar-refractivity contribution < 1.29 is 4.74 Å². The molecule has 1 aromatic rings. The van der Waals surface area contributed by atoms with Gasteiger partial charge in [0.1, 0.15) is 5.82 Å². The van der Waals surface area contributed by atoms with Gasteiger partial charge in [-0.1, -0.05) is 0 Å². The van der Waals surface area contributed by atoms with Crippen LogP contribution < -0.4 is 15.8 Å². The van der Waals surface area contributed by atoms with Crippen molar-refractivity contribution in [3.63, 3.8) is 0 Å². The molecule has 1 aliphatic heterocycles. The number of likely N-dealkylation sites (tertiary alicyclic amines) is 1. The van der Waals surface area contributed by atoms with Gasteiger partial charge >= 0.3 is 0 Å². The Morgan fingerprint density at radius 2 is 2.18 bits per heavy atom. The van der Waals surface area contributed by atoms with Gasteiger partial charge in [0.2, 0.25) is 5.88 Å². The largest absolute Gasteiger partial charge is 0.479 e. The minimum Gasteiger partial charge on any atom is -0.479 e. The van der Waals surface area contributed by atoms with Gasteiger partial charge in [0.05, 0.1) is 12.8 Å². The number of ether oxygens (including phenoxy) is 1. The SMILES string of the molecule is COc1nc(NCCN2CCCC2)ccc1N. The van der Waals surface area contributed by atoms with Crippen LogP contribution >= 0.6 is 0 Å². The first-order chi connectivity index (χ1) is 8.29. The quantitative estimate of drug-likeness (QED) is 0.803. The summed E-state index contributed by atoms with van der Waals surface area (Å²) in [5.41, 5.74) is 6.27. The highest BCUT2D eigenvalue weighted by atomic mass is 16.5. The number of nitrogens with one attached hydrogen (secondary N) is 1. The number of rotatable bonds is 5. The van der Waals surface area contributed by atoms with Crippen molar-refractivity contribution in [2.45, 2.75) is 12.8 Å². The summed E-state index contributed by atoms with van der Waals surface area (Å²) in [6.07, 6.45) is 2.65. The highest BCUT2D eigenvalue weighted by Gasteiger charge is 2.10. The summed E-state index contributed by atoms with van der Waals surface area (Å²) in [5, 5.41) is 3.29. The van der Waals surface area contributed by atoms with E-state index in [1.807, 2.05) is 12.1 Å². The molecule has 0 atom stereocenters. The number of hydrogen-bond donors (Lipinski definition) is 2. The molecular formula is C12H20N4O. The van der Waals surface area contributed by atoms with Gasteiger partial charge in [-0.3, -0.25) is 0 Å². The first-order valence-corrected chi connectivity index (χ1v) is 6.06. The lowest BCUT2D eigenvalue weighted by Crippen LogP contribution is -2.26. The van der Waals surface area contributed by atoms with E-state index < -0.39 is 0 Å². The summed E-state index contributed by atoms with van der Waals surface area (Å²) in [6.45, 7) is 4.41. The predicted octanol–water partition coefficient (Wildman–Crippen LogP) is 1.18. The molecule has 1 aliphatic rings. The Bertz CT molecular complexity index is 364. The van der Waals surface area contributed by atoms with Crippen LogP contribution in [0, 0.1) is 0 Å². The van der Waals surface area contributed by atoms with Gasteiger partial charge in [0.15, 0.2) is 0 Å². The second-order valence-corrected chi connectivity index (χ2v) is 4.27. The summed E-state index contributed by atoms with van der Waals surface area (Å²) in [4.78, 5) is 6.74. The molecule has 5 nitrogen and oxygen atoms in total. The van der Waals surface area contributed by atoms with Gasteiger partial charge in [-0.25, -0.2) is 0 Å². The van der Waals surface area contributed by atoms with Crippen molar-refractivity contribution in [2.75, 3.05) is 44.3 Å². The van der Waals surface area contributed by atoms with Crippen LogP contribution in [0.15, 0.2) is 12.1 Å². The van der Waals surface area contributed by atoms with Gasteiger partial charge in [-0.05, 0) is 38.1 Å². The topological polar surface area (TPSA) is 63.4 Å². The van der Waals surface area contributed by atoms with Crippen molar-refractivity contribution in [2.24, 2.45) is 0 Å². The lowest BCUT2D eigenvalue weighted by molar-refractivity contribution is 0.352. The number of nitrogen functional groups attached to an aromatic ring is 1. The molecule has 0 aromatic carbocycles. The molecule has 3 N–H and O–H groups in total. The summed E-state index contributed by atoms with van der Waals surface area (Å²) in [7, 11) is 1.58. The van der Waals surface area contributed by atoms with Crippen molar-refractivity contribution in [3.8, 4) is 5.88 Å². The van der Waals surface area contributed by atoms with E-state index >= 15 is 0 Å². The van der Waals surface area contributed by atoms with E-state index in [4.69, 9.17) is 10.5 Å². The fraction of sp³-hybridized carbons (Fsp3) is 0.583. The molecule has 0 aliphatic carbocycles. The molecule has 0 unspecified atom stereocenters. The van der Waals surface area contributed by atoms with E-state index in [0.717, 1.165) is 18.9 Å². The first kappa shape index (κ1) is 12.0. The number of aromatic nitrogens is 1. The summed E-state index contributed by atoms with van der Waals surface area (Å²) < 4.78 is 5.08. The molecule has 0 bridgehead atoms. The van der Waals surface area contributed by atoms with E-state index in [-0.39, 0.29) is 0 Å². The Kier molecular flexibility index (Phi) is 4.03. The molecule has 1 aromatic heterocycles. The Morgan fingerprint density at radius 3 is 2.88 bits per heavy atom. The molecule has 0 radical (unpaired) electrons. The Balaban J connectivity index is 1.81. The third kappa shape index (κ3) is 3.23. The highest BCUT2D eigenvalue weighted by molar-refractivity contribution is 5.53. The van der Waals surface area contributed by atoms with Crippen molar-refractivity contribution in [1.29, 1.82) is 0 Å². The van der Waals surface area contributed by atoms with Crippen LogP contribution in [-0.2, 0) is 0 Å². The summed E-state index contributed by atoms with van der Waals surface area (Å²) in [6, 6.07) is 3.69. The zero-order valence-corrected chi connectivity index (χ0v) is 10.3. The monoisotopic (exact) mass is 236 g/mol. The third-order valence-electron chi connectivity index (χ3n) is 3.02. The first-order valence-electron chi connectivity index (χ1n) is 6.06. The van der Waals surface area contributed by atoms with Crippen LogP contribution in [0.25, 0.3) is 0 Å². The normalized spacial score (nSPS) is 16.1. The van der Waals surface area contributed by atoms with Gasteiger partial charge in [-0.2, -0.15) is 4.98 Å². The number of pyridine rings is 1. The average Bonchev–Trinajstić information content (AvgIpc) is 2.84. The van der Waals surface area contributed by atoms with Crippen molar-refractivity contribution in [3.05, 3.63) is 12.1 Å². The maximum atomic E-state index is 5.70. The van der Waals surface area contributed by atoms with Crippen LogP contribution in [0.5, 0.6) is 5.88 Å². The smallest absolute Gasteiger partial charge is 0.238 e. The van der Waals surface area contributed by atoms with E-state index in [1.54, 1.807) is 7.11 Å². The molecule has 5 heteroatoms. The van der Waals surface area contributed by atoms with Crippen LogP contribution in [0.3, 0.4) is 0 Å². The van der Waals surface area contributed by atoms with E-state index in [9.17, 15) is 0 Å². The summed E-state index contributed by atoms with van der Waals surface area (Å²) in [5.74, 6) is 1.30. The van der Waals surface area contributed by atoms with Crippen LogP contribution in [0.1, 0.15) is 12.8 Å². The van der Waals surface area contributed by atoms with Crippen molar-refractivity contribution >= 4 is 11.5 Å². The summed E-state index contributed by atoms with van der Waals surface area (Å²) >= 11 is 0. The predicted molar refractivity (Wildman–Crippen MR) is 69.4 cm³/mol. The molecule has 2 rings (SSSR count). The molecule has 1 fully saturated rings. The lowest BCUT2D eigenvalue weighted by Gasteiger charge is -2.15. The number of hydrogen-bond acceptors (Lipinski definition) is 5. The Hall–Kier alpha value is -1.49. The minimum atomic E-state index is 0.483. The van der Waals surface area contributed by atoms with Gasteiger partial charge in [0.25, 0.3) is 0 Å². The standard InChI is InChI=1S/C12H20N4O/c1-17-12-10(13)4-5-11(15-12)14-6-9-16-7-2-3-8-16/h4-5H,2-3,6-9,13H2,1H3,(H,14,15). The number of anilines is 2. The molecule has 0 spiro atoms. The van der Waals surface area contributed by atoms with Crippen LogP contribution in [0.4, 0.5) is 11.5 Å². The van der Waals surface area contributed by atoms with E-state index in [0.29, 0.717) is 11.6 Å². The highest BCUT2D eigenvalue weighted by Crippen LogP contribution is 2.19. The van der Waals surface area contributed by atoms with Crippen LogP contribution in [0.2, 0.25) is 0 Å². The minimum absolute atomic E-state index is 0.483. The zero-order chi connectivity index (χ0) is 12.1. The molecule has 0 saturated carbocycles. The molecule has 1 saturated heterocycles. The fourth-order valence-electron chi connectivity index (χ4n) is 2.06. The molecule has 17 heavy (non-hydrogen) atoms. The van der Waals surface area contributed by atoms with E-state index in [2.05, 4.69) is 15.2 Å². The fourth-order valence-corrected chi connectivity index (χ4v) is 2.06. The maximum absolute atomic E-state index is 5.70. The second kappa shape index (κ2) is 5.72. The molecule has 0 amide bonds. The molecule has 2 heterocycles. The van der Waals surface area contributed by atoms with Crippen molar-refractivity contribution in [1.82, 2.24) is 9.88 Å². The second-order valence-electron chi connectivity index (χ2n) is 4.27. The Labute approximate surface area is 102 Å². The van der Waals surface area contributed by atoms with Gasteiger partial charge < -0.3 is 20.7 Å². The van der Waals surface area contributed by atoms with Gasteiger partial charge in [-0.15, -0.1) is 0 Å². The van der Waals surface area contributed by atoms with Crippen LogP contribution in [-0.4, -0.2) is 43.2 Å².